The molecular formula is C19H14F3N3O3. The van der Waals surface area contributed by atoms with Gasteiger partial charge in [0.25, 0.3) is 5.91 Å². The molecule has 0 aliphatic heterocycles. The molecular weight excluding hydrogens is 375 g/mol. The summed E-state index contributed by atoms with van der Waals surface area (Å²) < 4.78 is 43.1. The maximum Gasteiger partial charge on any atom is 0.416 e. The molecule has 1 amide bonds. The van der Waals surface area contributed by atoms with E-state index in [-0.39, 0.29) is 28.8 Å². The molecule has 2 N–H and O–H groups in total. The molecule has 144 valence electrons. The van der Waals surface area contributed by atoms with E-state index < -0.39 is 17.6 Å². The average Bonchev–Trinajstić information content (AvgIpc) is 2.65. The van der Waals surface area contributed by atoms with Gasteiger partial charge in [0.05, 0.1) is 11.8 Å². The summed E-state index contributed by atoms with van der Waals surface area (Å²) >= 11 is 0. The molecule has 0 radical (unpaired) electrons. The van der Waals surface area contributed by atoms with Crippen LogP contribution in [-0.2, 0) is 6.18 Å². The van der Waals surface area contributed by atoms with Crippen molar-refractivity contribution >= 4 is 11.7 Å². The summed E-state index contributed by atoms with van der Waals surface area (Å²) in [6.07, 6.45) is -1.71. The number of carbonyl (C=O) groups excluding carboxylic acids is 1. The molecule has 0 bridgehead atoms. The van der Waals surface area contributed by atoms with Crippen molar-refractivity contribution in [3.63, 3.8) is 0 Å². The molecule has 0 saturated carbocycles. The van der Waals surface area contributed by atoms with Crippen molar-refractivity contribution in [3.8, 4) is 17.2 Å². The first-order chi connectivity index (χ1) is 13.2. The minimum absolute atomic E-state index is 0.133. The predicted octanol–water partition coefficient (Wildman–Crippen LogP) is 4.55. The normalized spacial score (nSPS) is 11.1. The van der Waals surface area contributed by atoms with Crippen LogP contribution >= 0.6 is 0 Å². The number of halogens is 3. The topological polar surface area (TPSA) is 84.3 Å². The zero-order valence-corrected chi connectivity index (χ0v) is 14.5. The molecule has 0 aliphatic carbocycles. The fourth-order valence-electron chi connectivity index (χ4n) is 2.25. The number of nitrogens with zero attached hydrogens (tertiary/aromatic N) is 2. The number of anilines is 1. The van der Waals surface area contributed by atoms with Gasteiger partial charge in [-0.05, 0) is 55.0 Å². The highest BCUT2D eigenvalue weighted by Gasteiger charge is 2.30. The van der Waals surface area contributed by atoms with Crippen molar-refractivity contribution in [3.05, 3.63) is 71.7 Å². The van der Waals surface area contributed by atoms with Crippen LogP contribution in [0.2, 0.25) is 0 Å². The highest BCUT2D eigenvalue weighted by atomic mass is 19.4. The Kier molecular flexibility index (Phi) is 5.16. The Morgan fingerprint density at radius 2 is 1.71 bits per heavy atom. The summed E-state index contributed by atoms with van der Waals surface area (Å²) in [7, 11) is 0. The van der Waals surface area contributed by atoms with Crippen molar-refractivity contribution in [1.82, 2.24) is 9.97 Å². The van der Waals surface area contributed by atoms with Crippen LogP contribution in [0.25, 0.3) is 0 Å². The minimum Gasteiger partial charge on any atom is -0.505 e. The van der Waals surface area contributed by atoms with E-state index in [9.17, 15) is 23.1 Å². The van der Waals surface area contributed by atoms with E-state index in [2.05, 4.69) is 15.3 Å². The first-order valence-corrected chi connectivity index (χ1v) is 8.01. The lowest BCUT2D eigenvalue weighted by atomic mass is 10.2. The fourth-order valence-corrected chi connectivity index (χ4v) is 2.25. The largest absolute Gasteiger partial charge is 0.505 e. The SMILES string of the molecule is Cc1ccnc(C(=O)Nc2ccc(Oc3ccc(C(F)(F)F)cc3)cn2)c1O. The smallest absolute Gasteiger partial charge is 0.416 e. The van der Waals surface area contributed by atoms with Crippen LogP contribution in [0.1, 0.15) is 21.6 Å². The molecule has 28 heavy (non-hydrogen) atoms. The van der Waals surface area contributed by atoms with Crippen LogP contribution in [0.4, 0.5) is 19.0 Å². The van der Waals surface area contributed by atoms with Crippen LogP contribution in [0.15, 0.2) is 54.9 Å². The lowest BCUT2D eigenvalue weighted by Gasteiger charge is -2.10. The highest BCUT2D eigenvalue weighted by molar-refractivity contribution is 6.04. The Hall–Kier alpha value is -3.62. The Morgan fingerprint density at radius 1 is 1.04 bits per heavy atom. The van der Waals surface area contributed by atoms with Gasteiger partial charge in [0.1, 0.15) is 23.1 Å². The fraction of sp³-hybridized carbons (Fsp3) is 0.105. The average molecular weight is 389 g/mol. The van der Waals surface area contributed by atoms with E-state index in [0.717, 1.165) is 12.1 Å². The number of aromatic nitrogens is 2. The molecule has 0 aliphatic rings. The third-order valence-corrected chi connectivity index (χ3v) is 3.74. The van der Waals surface area contributed by atoms with E-state index in [1.54, 1.807) is 13.0 Å². The van der Waals surface area contributed by atoms with Gasteiger partial charge >= 0.3 is 6.18 Å². The molecule has 2 heterocycles. The second-order valence-corrected chi connectivity index (χ2v) is 5.78. The number of hydrogen-bond acceptors (Lipinski definition) is 5. The molecule has 0 spiro atoms. The molecule has 3 rings (SSSR count). The van der Waals surface area contributed by atoms with Crippen molar-refractivity contribution in [2.75, 3.05) is 5.32 Å². The maximum absolute atomic E-state index is 12.6. The van der Waals surface area contributed by atoms with Gasteiger partial charge in [0, 0.05) is 6.20 Å². The van der Waals surface area contributed by atoms with Crippen molar-refractivity contribution in [2.45, 2.75) is 13.1 Å². The number of ether oxygens (including phenoxy) is 1. The number of carbonyl (C=O) groups is 1. The Labute approximate surface area is 157 Å². The Bertz CT molecular complexity index is 988. The number of rotatable bonds is 4. The van der Waals surface area contributed by atoms with Crippen LogP contribution < -0.4 is 10.1 Å². The van der Waals surface area contributed by atoms with E-state index in [0.29, 0.717) is 5.56 Å². The molecule has 0 fully saturated rings. The number of hydrogen-bond donors (Lipinski definition) is 2. The second-order valence-electron chi connectivity index (χ2n) is 5.78. The third-order valence-electron chi connectivity index (χ3n) is 3.74. The number of aromatic hydroxyl groups is 1. The molecule has 1 aromatic carbocycles. The van der Waals surface area contributed by atoms with E-state index in [4.69, 9.17) is 4.74 Å². The standard InChI is InChI=1S/C19H14F3N3O3/c1-11-8-9-23-16(17(11)26)18(27)25-15-7-6-14(10-24-15)28-13-4-2-12(3-5-13)19(20,21)22/h2-10,26H,1H3,(H,24,25,27). The molecule has 0 unspecified atom stereocenters. The maximum atomic E-state index is 12.6. The van der Waals surface area contributed by atoms with Crippen LogP contribution in [0.5, 0.6) is 17.2 Å². The van der Waals surface area contributed by atoms with E-state index >= 15 is 0 Å². The second kappa shape index (κ2) is 7.55. The Morgan fingerprint density at radius 3 is 2.32 bits per heavy atom. The van der Waals surface area contributed by atoms with Crippen LogP contribution in [0, 0.1) is 6.92 Å². The van der Waals surface area contributed by atoms with Crippen molar-refractivity contribution in [2.24, 2.45) is 0 Å². The van der Waals surface area contributed by atoms with Crippen molar-refractivity contribution < 1.29 is 27.8 Å². The number of amides is 1. The summed E-state index contributed by atoms with van der Waals surface area (Å²) in [5.41, 5.74) is -0.399. The van der Waals surface area contributed by atoms with Gasteiger partial charge in [0.15, 0.2) is 5.69 Å². The zero-order valence-electron chi connectivity index (χ0n) is 14.5. The molecule has 2 aromatic heterocycles. The van der Waals surface area contributed by atoms with E-state index in [1.807, 2.05) is 0 Å². The molecule has 0 saturated heterocycles. The van der Waals surface area contributed by atoms with Gasteiger partial charge in [-0.1, -0.05) is 0 Å². The summed E-state index contributed by atoms with van der Waals surface area (Å²) in [6, 6.07) is 8.73. The van der Waals surface area contributed by atoms with Crippen LogP contribution in [0.3, 0.4) is 0 Å². The van der Waals surface area contributed by atoms with Gasteiger partial charge in [-0.3, -0.25) is 4.79 Å². The molecule has 0 atom stereocenters. The number of aryl methyl sites for hydroxylation is 1. The number of pyridine rings is 2. The minimum atomic E-state index is -4.42. The lowest BCUT2D eigenvalue weighted by molar-refractivity contribution is -0.137. The summed E-state index contributed by atoms with van der Waals surface area (Å²) in [6.45, 7) is 1.64. The molecule has 3 aromatic rings. The van der Waals surface area contributed by atoms with Crippen LogP contribution in [-0.4, -0.2) is 21.0 Å². The Balaban J connectivity index is 1.66. The first-order valence-electron chi connectivity index (χ1n) is 8.01. The van der Waals surface area contributed by atoms with E-state index in [1.165, 1.54) is 36.7 Å². The van der Waals surface area contributed by atoms with Gasteiger partial charge in [-0.25, -0.2) is 9.97 Å². The number of alkyl halides is 3. The summed E-state index contributed by atoms with van der Waals surface area (Å²) in [5, 5.41) is 12.4. The molecule has 6 nitrogen and oxygen atoms in total. The lowest BCUT2D eigenvalue weighted by Crippen LogP contribution is -2.15. The van der Waals surface area contributed by atoms with Gasteiger partial charge in [-0.15, -0.1) is 0 Å². The predicted molar refractivity (Wildman–Crippen MR) is 94.3 cm³/mol. The quantitative estimate of drug-likeness (QED) is 0.684. The number of benzene rings is 1. The third kappa shape index (κ3) is 4.37. The molecule has 9 heteroatoms. The summed E-state index contributed by atoms with van der Waals surface area (Å²) in [4.78, 5) is 20.0. The monoisotopic (exact) mass is 389 g/mol. The highest BCUT2D eigenvalue weighted by Crippen LogP contribution is 2.31. The van der Waals surface area contributed by atoms with Gasteiger partial charge in [0.2, 0.25) is 0 Å². The van der Waals surface area contributed by atoms with Gasteiger partial charge in [-0.2, -0.15) is 13.2 Å². The first kappa shape index (κ1) is 19.2. The summed E-state index contributed by atoms with van der Waals surface area (Å²) in [5.74, 6) is -0.186. The van der Waals surface area contributed by atoms with Crippen molar-refractivity contribution in [1.29, 1.82) is 0 Å². The zero-order chi connectivity index (χ0) is 20.3. The number of nitrogens with one attached hydrogen (secondary N) is 1. The van der Waals surface area contributed by atoms with Gasteiger partial charge < -0.3 is 15.2 Å².